The number of likely N-dealkylation sites (tertiary alicyclic amines) is 1. The van der Waals surface area contributed by atoms with Crippen molar-refractivity contribution in [1.82, 2.24) is 19.8 Å². The fourth-order valence-electron chi connectivity index (χ4n) is 4.19. The van der Waals surface area contributed by atoms with Gasteiger partial charge in [-0.05, 0) is 67.3 Å². The highest BCUT2D eigenvalue weighted by molar-refractivity contribution is 5.93. The Kier molecular flexibility index (Phi) is 7.06. The maximum atomic E-state index is 12.2. The van der Waals surface area contributed by atoms with Crippen LogP contribution in [0, 0.1) is 0 Å². The fraction of sp³-hybridized carbons (Fsp3) is 0.308. The number of carbonyl (C=O) groups excluding carboxylic acids is 2. The molecule has 1 saturated heterocycles. The number of nitrogens with one attached hydrogen (secondary N) is 1. The molecule has 8 heteroatoms. The molecule has 1 aliphatic rings. The first kappa shape index (κ1) is 23.2. The maximum absolute atomic E-state index is 12.2. The molecule has 0 saturated carbocycles. The molecule has 0 radical (unpaired) electrons. The largest absolute Gasteiger partial charge is 0.457 e. The van der Waals surface area contributed by atoms with Gasteiger partial charge in [-0.2, -0.15) is 0 Å². The lowest BCUT2D eigenvalue weighted by Crippen LogP contribution is -2.35. The number of aromatic nitrogens is 2. The summed E-state index contributed by atoms with van der Waals surface area (Å²) in [6.45, 7) is 2.41. The van der Waals surface area contributed by atoms with E-state index in [0.29, 0.717) is 29.3 Å². The topological polar surface area (TPSA) is 87.7 Å². The maximum Gasteiger partial charge on any atom is 0.253 e. The van der Waals surface area contributed by atoms with Crippen LogP contribution < -0.4 is 10.1 Å². The van der Waals surface area contributed by atoms with Gasteiger partial charge in [0.05, 0.1) is 6.20 Å². The normalized spacial score (nSPS) is 15.1. The number of carbonyl (C=O) groups is 2. The highest BCUT2D eigenvalue weighted by Crippen LogP contribution is 2.32. The number of amides is 2. The minimum Gasteiger partial charge on any atom is -0.457 e. The third-order valence-electron chi connectivity index (χ3n) is 5.87. The first-order valence-corrected chi connectivity index (χ1v) is 11.3. The second-order valence-corrected chi connectivity index (χ2v) is 8.58. The Morgan fingerprint density at radius 2 is 1.94 bits per heavy atom. The molecule has 4 rings (SSSR count). The van der Waals surface area contributed by atoms with Crippen LogP contribution in [0.3, 0.4) is 0 Å². The van der Waals surface area contributed by atoms with Crippen molar-refractivity contribution in [3.63, 3.8) is 0 Å². The number of rotatable bonds is 7. The summed E-state index contributed by atoms with van der Waals surface area (Å²) >= 11 is 0. The molecule has 0 bridgehead atoms. The summed E-state index contributed by atoms with van der Waals surface area (Å²) in [7, 11) is 3.45. The van der Waals surface area contributed by atoms with Gasteiger partial charge in [0.25, 0.3) is 5.91 Å². The van der Waals surface area contributed by atoms with Crippen LogP contribution in [-0.4, -0.2) is 58.3 Å². The van der Waals surface area contributed by atoms with Crippen molar-refractivity contribution >= 4 is 23.3 Å². The van der Waals surface area contributed by atoms with Crippen LogP contribution in [0.25, 0.3) is 0 Å². The molecule has 2 aromatic carbocycles. The predicted octanol–water partition coefficient (Wildman–Crippen LogP) is 4.27. The van der Waals surface area contributed by atoms with Gasteiger partial charge in [-0.15, -0.1) is 0 Å². The Balaban J connectivity index is 1.60. The molecule has 1 aliphatic heterocycles. The fourth-order valence-corrected chi connectivity index (χ4v) is 4.19. The van der Waals surface area contributed by atoms with E-state index in [1.807, 2.05) is 23.1 Å². The highest BCUT2D eigenvalue weighted by Gasteiger charge is 2.27. The van der Waals surface area contributed by atoms with Gasteiger partial charge in [0, 0.05) is 57.3 Å². The predicted molar refractivity (Wildman–Crippen MR) is 130 cm³/mol. The number of nitrogens with zero attached hydrogens (tertiary/aromatic N) is 4. The summed E-state index contributed by atoms with van der Waals surface area (Å²) in [4.78, 5) is 36.1. The summed E-state index contributed by atoms with van der Waals surface area (Å²) in [5, 5.41) is 3.27. The third-order valence-corrected chi connectivity index (χ3v) is 5.87. The van der Waals surface area contributed by atoms with Crippen LogP contribution in [0.1, 0.15) is 35.7 Å². The van der Waals surface area contributed by atoms with Crippen LogP contribution >= 0.6 is 0 Å². The van der Waals surface area contributed by atoms with Gasteiger partial charge in [-0.25, -0.2) is 4.98 Å². The molecular weight excluding hydrogens is 430 g/mol. The number of hydrogen-bond acceptors (Lipinski definition) is 6. The van der Waals surface area contributed by atoms with Crippen molar-refractivity contribution in [2.45, 2.75) is 32.2 Å². The Bertz CT molecular complexity index is 1150. The summed E-state index contributed by atoms with van der Waals surface area (Å²) in [5.74, 6) is 2.04. The van der Waals surface area contributed by atoms with Crippen molar-refractivity contribution in [1.29, 1.82) is 0 Å². The van der Waals surface area contributed by atoms with Gasteiger partial charge in [0.2, 0.25) is 5.91 Å². The Hall–Kier alpha value is -3.94. The lowest BCUT2D eigenvalue weighted by molar-refractivity contribution is -0.129. The molecule has 0 aliphatic carbocycles. The molecule has 3 aromatic rings. The quantitative estimate of drug-likeness (QED) is 0.568. The second kappa shape index (κ2) is 10.3. The summed E-state index contributed by atoms with van der Waals surface area (Å²) in [6, 6.07) is 13.1. The van der Waals surface area contributed by atoms with E-state index in [0.717, 1.165) is 30.6 Å². The van der Waals surface area contributed by atoms with E-state index in [1.165, 1.54) is 0 Å². The number of hydrogen-bond donors (Lipinski definition) is 1. The number of ether oxygens (including phenoxy) is 1. The summed E-state index contributed by atoms with van der Waals surface area (Å²) in [5.41, 5.74) is 2.45. The van der Waals surface area contributed by atoms with Crippen LogP contribution in [0.5, 0.6) is 11.5 Å². The molecule has 1 atom stereocenters. The average Bonchev–Trinajstić information content (AvgIpc) is 3.30. The van der Waals surface area contributed by atoms with Crippen LogP contribution in [0.15, 0.2) is 61.1 Å². The van der Waals surface area contributed by atoms with Crippen molar-refractivity contribution in [3.05, 3.63) is 72.2 Å². The number of anilines is 2. The molecule has 8 nitrogen and oxygen atoms in total. The van der Waals surface area contributed by atoms with E-state index >= 15 is 0 Å². The van der Waals surface area contributed by atoms with Gasteiger partial charge in [-0.1, -0.05) is 0 Å². The zero-order valence-corrected chi connectivity index (χ0v) is 19.7. The lowest BCUT2D eigenvalue weighted by Gasteiger charge is -2.24. The van der Waals surface area contributed by atoms with Crippen molar-refractivity contribution in [2.24, 2.45) is 0 Å². The molecule has 34 heavy (non-hydrogen) atoms. The van der Waals surface area contributed by atoms with E-state index in [-0.39, 0.29) is 17.9 Å². The van der Waals surface area contributed by atoms with Gasteiger partial charge >= 0.3 is 0 Å². The average molecular weight is 460 g/mol. The minimum absolute atomic E-state index is 0.0581. The van der Waals surface area contributed by atoms with Gasteiger partial charge < -0.3 is 19.9 Å². The van der Waals surface area contributed by atoms with Gasteiger partial charge in [0.15, 0.2) is 0 Å². The molecule has 1 unspecified atom stereocenters. The first-order chi connectivity index (χ1) is 16.4. The monoisotopic (exact) mass is 459 g/mol. The standard InChI is InChI=1S/C26H29N5O3/c1-18(32)31-14-4-5-22(31)16-20-15-21(29-25-17-27-12-13-28-25)8-11-24(20)34-23-9-6-19(7-10-23)26(33)30(2)3/h6-13,15,17,22H,4-5,14,16H2,1-3H3,(H,28,29). The zero-order valence-electron chi connectivity index (χ0n) is 19.7. The molecule has 1 N–H and O–H groups in total. The molecule has 0 spiro atoms. The minimum atomic E-state index is -0.0581. The Morgan fingerprint density at radius 3 is 2.62 bits per heavy atom. The molecule has 2 amide bonds. The van der Waals surface area contributed by atoms with Crippen molar-refractivity contribution in [2.75, 3.05) is 26.0 Å². The van der Waals surface area contributed by atoms with Crippen molar-refractivity contribution < 1.29 is 14.3 Å². The molecular formula is C26H29N5O3. The summed E-state index contributed by atoms with van der Waals surface area (Å²) in [6.07, 6.45) is 7.56. The molecule has 2 heterocycles. The van der Waals surface area contributed by atoms with Crippen LogP contribution in [-0.2, 0) is 11.2 Å². The van der Waals surface area contributed by atoms with E-state index in [4.69, 9.17) is 4.74 Å². The first-order valence-electron chi connectivity index (χ1n) is 11.3. The highest BCUT2D eigenvalue weighted by atomic mass is 16.5. The molecule has 176 valence electrons. The SMILES string of the molecule is CC(=O)N1CCCC1Cc1cc(Nc2cnccn2)ccc1Oc1ccc(C(=O)N(C)C)cc1. The van der Waals surface area contributed by atoms with Gasteiger partial charge in [-0.3, -0.25) is 14.6 Å². The van der Waals surface area contributed by atoms with Crippen LogP contribution in [0.4, 0.5) is 11.5 Å². The smallest absolute Gasteiger partial charge is 0.253 e. The van der Waals surface area contributed by atoms with Crippen molar-refractivity contribution in [3.8, 4) is 11.5 Å². The van der Waals surface area contributed by atoms with E-state index in [1.54, 1.807) is 68.8 Å². The van der Waals surface area contributed by atoms with Crippen LogP contribution in [0.2, 0.25) is 0 Å². The van der Waals surface area contributed by atoms with Gasteiger partial charge in [0.1, 0.15) is 17.3 Å². The second-order valence-electron chi connectivity index (χ2n) is 8.58. The summed E-state index contributed by atoms with van der Waals surface area (Å²) < 4.78 is 6.23. The molecule has 1 fully saturated rings. The zero-order chi connectivity index (χ0) is 24.1. The Labute approximate surface area is 199 Å². The van der Waals surface area contributed by atoms with E-state index in [2.05, 4.69) is 15.3 Å². The third kappa shape index (κ3) is 5.51. The van der Waals surface area contributed by atoms with E-state index in [9.17, 15) is 9.59 Å². The lowest BCUT2D eigenvalue weighted by atomic mass is 10.0. The Morgan fingerprint density at radius 1 is 1.15 bits per heavy atom. The molecule has 1 aromatic heterocycles. The van der Waals surface area contributed by atoms with E-state index < -0.39 is 0 Å². The number of benzene rings is 2.